The van der Waals surface area contributed by atoms with Crippen molar-refractivity contribution >= 4 is 16.6 Å². The second-order valence-corrected chi connectivity index (χ2v) is 8.27. The SMILES string of the molecule is CCC[C@H]1[C@H]2C[C@H](CN(c3nnc(C)c4ccccc34)C2)c2cccc(=O)n21. The lowest BCUT2D eigenvalue weighted by atomic mass is 9.77. The summed E-state index contributed by atoms with van der Waals surface area (Å²) in [4.78, 5) is 15.1. The van der Waals surface area contributed by atoms with Gasteiger partial charge in [-0.15, -0.1) is 5.10 Å². The molecule has 0 radical (unpaired) electrons. The van der Waals surface area contributed by atoms with Crippen molar-refractivity contribution in [1.82, 2.24) is 14.8 Å². The summed E-state index contributed by atoms with van der Waals surface area (Å²) in [5, 5.41) is 11.4. The molecule has 0 unspecified atom stereocenters. The van der Waals surface area contributed by atoms with Gasteiger partial charge in [0.25, 0.3) is 5.56 Å². The van der Waals surface area contributed by atoms with Crippen LogP contribution in [-0.2, 0) is 0 Å². The smallest absolute Gasteiger partial charge is 0.250 e. The molecule has 2 bridgehead atoms. The summed E-state index contributed by atoms with van der Waals surface area (Å²) in [5.74, 6) is 1.81. The predicted octanol–water partition coefficient (Wildman–Crippen LogP) is 4.06. The Kier molecular flexibility index (Phi) is 4.18. The molecule has 0 spiro atoms. The molecule has 4 heterocycles. The number of hydrogen-bond acceptors (Lipinski definition) is 4. The van der Waals surface area contributed by atoms with Crippen molar-refractivity contribution in [1.29, 1.82) is 0 Å². The normalized spacial score (nSPS) is 23.6. The van der Waals surface area contributed by atoms with Crippen LogP contribution in [0.1, 0.15) is 49.5 Å². The van der Waals surface area contributed by atoms with E-state index in [2.05, 4.69) is 56.9 Å². The van der Waals surface area contributed by atoms with E-state index in [4.69, 9.17) is 0 Å². The summed E-state index contributed by atoms with van der Waals surface area (Å²) in [7, 11) is 0. The predicted molar refractivity (Wildman–Crippen MR) is 112 cm³/mol. The maximum absolute atomic E-state index is 12.7. The number of hydrogen-bond donors (Lipinski definition) is 0. The maximum Gasteiger partial charge on any atom is 0.250 e. The van der Waals surface area contributed by atoms with Crippen molar-refractivity contribution in [3.05, 3.63) is 64.2 Å². The lowest BCUT2D eigenvalue weighted by molar-refractivity contribution is 0.201. The lowest BCUT2D eigenvalue weighted by Crippen LogP contribution is -2.49. The first-order chi connectivity index (χ1) is 13.7. The Labute approximate surface area is 165 Å². The van der Waals surface area contributed by atoms with Gasteiger partial charge in [0.15, 0.2) is 5.82 Å². The number of pyridine rings is 1. The first kappa shape index (κ1) is 17.4. The molecule has 1 saturated heterocycles. The van der Waals surface area contributed by atoms with Gasteiger partial charge in [0.05, 0.1) is 5.69 Å². The highest BCUT2D eigenvalue weighted by Gasteiger charge is 2.40. The van der Waals surface area contributed by atoms with Crippen LogP contribution >= 0.6 is 0 Å². The molecule has 3 atom stereocenters. The van der Waals surface area contributed by atoms with E-state index in [0.29, 0.717) is 11.8 Å². The van der Waals surface area contributed by atoms with Crippen LogP contribution in [0.4, 0.5) is 5.82 Å². The molecule has 3 aromatic rings. The van der Waals surface area contributed by atoms with Gasteiger partial charge in [-0.3, -0.25) is 4.79 Å². The minimum Gasteiger partial charge on any atom is -0.354 e. The maximum atomic E-state index is 12.7. The van der Waals surface area contributed by atoms with Crippen molar-refractivity contribution in [2.45, 2.75) is 45.1 Å². The van der Waals surface area contributed by atoms with Gasteiger partial charge < -0.3 is 9.47 Å². The molecule has 144 valence electrons. The first-order valence-corrected chi connectivity index (χ1v) is 10.4. The van der Waals surface area contributed by atoms with Crippen LogP contribution in [0.15, 0.2) is 47.3 Å². The zero-order valence-electron chi connectivity index (χ0n) is 16.5. The molecule has 2 aliphatic heterocycles. The number of anilines is 1. The Bertz CT molecular complexity index is 1090. The summed E-state index contributed by atoms with van der Waals surface area (Å²) < 4.78 is 2.10. The Hall–Kier alpha value is -2.69. The molecule has 0 saturated carbocycles. The third kappa shape index (κ3) is 2.64. The van der Waals surface area contributed by atoms with Crippen LogP contribution in [0.25, 0.3) is 10.8 Å². The topological polar surface area (TPSA) is 51.0 Å². The van der Waals surface area contributed by atoms with Gasteiger partial charge >= 0.3 is 0 Å². The van der Waals surface area contributed by atoms with E-state index in [9.17, 15) is 4.79 Å². The highest BCUT2D eigenvalue weighted by Crippen LogP contribution is 2.44. The number of piperidine rings is 1. The number of rotatable bonds is 3. The minimum absolute atomic E-state index is 0.152. The van der Waals surface area contributed by atoms with Crippen molar-refractivity contribution < 1.29 is 0 Å². The van der Waals surface area contributed by atoms with E-state index >= 15 is 0 Å². The fourth-order valence-corrected chi connectivity index (χ4v) is 5.34. The van der Waals surface area contributed by atoms with E-state index in [-0.39, 0.29) is 11.6 Å². The first-order valence-electron chi connectivity index (χ1n) is 10.4. The summed E-state index contributed by atoms with van der Waals surface area (Å²) in [6.07, 6.45) is 3.28. The van der Waals surface area contributed by atoms with Gasteiger partial charge in [-0.25, -0.2) is 0 Å². The van der Waals surface area contributed by atoms with E-state index in [0.717, 1.165) is 43.9 Å². The molecule has 5 heteroatoms. The van der Waals surface area contributed by atoms with Crippen molar-refractivity contribution in [2.75, 3.05) is 18.0 Å². The van der Waals surface area contributed by atoms with Crippen LogP contribution in [0.5, 0.6) is 0 Å². The molecule has 2 aromatic heterocycles. The standard InChI is InChI=1S/C23H26N4O/c1-3-7-20-16-12-17(21-10-6-11-22(28)27(20)21)14-26(13-16)23-19-9-5-4-8-18(19)15(2)24-25-23/h4-6,8-11,16-17,20H,3,7,12-14H2,1-2H3/t16-,17+,20-/m0/s1. The zero-order valence-corrected chi connectivity index (χ0v) is 16.5. The second kappa shape index (κ2) is 6.73. The largest absolute Gasteiger partial charge is 0.354 e. The molecule has 2 aliphatic rings. The monoisotopic (exact) mass is 374 g/mol. The number of fused-ring (bicyclic) bond motifs is 5. The fraction of sp³-hybridized carbons (Fsp3) is 0.435. The minimum atomic E-state index is 0.152. The van der Waals surface area contributed by atoms with Gasteiger partial charge in [-0.05, 0) is 31.7 Å². The third-order valence-electron chi connectivity index (χ3n) is 6.53. The molecule has 28 heavy (non-hydrogen) atoms. The molecule has 0 N–H and O–H groups in total. The molecule has 1 fully saturated rings. The molecular formula is C23H26N4O. The highest BCUT2D eigenvalue weighted by atomic mass is 16.1. The Morgan fingerprint density at radius 3 is 2.68 bits per heavy atom. The average Bonchev–Trinajstić information content (AvgIpc) is 2.72. The second-order valence-electron chi connectivity index (χ2n) is 8.27. The third-order valence-corrected chi connectivity index (χ3v) is 6.53. The molecule has 1 aromatic carbocycles. The Morgan fingerprint density at radius 2 is 1.86 bits per heavy atom. The quantitative estimate of drug-likeness (QED) is 0.694. The number of nitrogens with zero attached hydrogens (tertiary/aromatic N) is 4. The molecule has 5 rings (SSSR count). The van der Waals surface area contributed by atoms with Gasteiger partial charge in [0, 0.05) is 47.6 Å². The Balaban J connectivity index is 1.61. The van der Waals surface area contributed by atoms with E-state index < -0.39 is 0 Å². The highest BCUT2D eigenvalue weighted by molar-refractivity contribution is 5.93. The van der Waals surface area contributed by atoms with E-state index in [1.165, 1.54) is 16.5 Å². The van der Waals surface area contributed by atoms with Crippen LogP contribution in [0.2, 0.25) is 0 Å². The van der Waals surface area contributed by atoms with Gasteiger partial charge in [0.1, 0.15) is 0 Å². The Morgan fingerprint density at radius 1 is 1.04 bits per heavy atom. The van der Waals surface area contributed by atoms with E-state index in [1.807, 2.05) is 13.0 Å². The van der Waals surface area contributed by atoms with E-state index in [1.54, 1.807) is 6.07 Å². The van der Waals surface area contributed by atoms with Crippen LogP contribution in [-0.4, -0.2) is 27.9 Å². The van der Waals surface area contributed by atoms with Gasteiger partial charge in [-0.2, -0.15) is 5.10 Å². The molecule has 0 amide bonds. The molecule has 5 nitrogen and oxygen atoms in total. The zero-order chi connectivity index (χ0) is 19.3. The van der Waals surface area contributed by atoms with Crippen molar-refractivity contribution in [3.63, 3.8) is 0 Å². The molecule has 0 aliphatic carbocycles. The van der Waals surface area contributed by atoms with Gasteiger partial charge in [-0.1, -0.05) is 43.7 Å². The number of aryl methyl sites for hydroxylation is 1. The van der Waals surface area contributed by atoms with Crippen LogP contribution < -0.4 is 10.5 Å². The number of aromatic nitrogens is 3. The summed E-state index contributed by atoms with van der Waals surface area (Å²) >= 11 is 0. The number of benzene rings is 1. The summed E-state index contributed by atoms with van der Waals surface area (Å²) in [6, 6.07) is 14.5. The van der Waals surface area contributed by atoms with Crippen LogP contribution in [0, 0.1) is 12.8 Å². The lowest BCUT2D eigenvalue weighted by Gasteiger charge is -2.47. The summed E-state index contributed by atoms with van der Waals surface area (Å²) in [6.45, 7) is 6.05. The van der Waals surface area contributed by atoms with Crippen molar-refractivity contribution in [3.8, 4) is 0 Å². The molecular weight excluding hydrogens is 348 g/mol. The average molecular weight is 374 g/mol. The van der Waals surface area contributed by atoms with Crippen molar-refractivity contribution in [2.24, 2.45) is 5.92 Å². The summed E-state index contributed by atoms with van der Waals surface area (Å²) in [5.41, 5.74) is 2.31. The van der Waals surface area contributed by atoms with Gasteiger partial charge in [0.2, 0.25) is 0 Å². The fourth-order valence-electron chi connectivity index (χ4n) is 5.34. The van der Waals surface area contributed by atoms with Crippen LogP contribution in [0.3, 0.4) is 0 Å².